The van der Waals surface area contributed by atoms with Crippen molar-refractivity contribution in [2.24, 2.45) is 5.41 Å². The van der Waals surface area contributed by atoms with E-state index < -0.39 is 0 Å². The predicted octanol–water partition coefficient (Wildman–Crippen LogP) is 2.20. The summed E-state index contributed by atoms with van der Waals surface area (Å²) in [6.07, 6.45) is 4.32. The molecular weight excluding hydrogens is 122 g/mol. The van der Waals surface area contributed by atoms with Gasteiger partial charge in [0.1, 0.15) is 0 Å². The maximum absolute atomic E-state index is 3.70. The van der Waals surface area contributed by atoms with Crippen LogP contribution in [0.25, 0.3) is 0 Å². The van der Waals surface area contributed by atoms with Crippen molar-refractivity contribution in [1.82, 2.24) is 5.32 Å². The number of hydrogen-bond donors (Lipinski definition) is 1. The fourth-order valence-corrected chi connectivity index (χ4v) is 1.06. The predicted molar refractivity (Wildman–Crippen MR) is 47.1 cm³/mol. The molecule has 0 aliphatic carbocycles. The number of nitrogens with one attached hydrogen (secondary N) is 1. The average Bonchev–Trinajstić information content (AvgIpc) is 1.84. The fourth-order valence-electron chi connectivity index (χ4n) is 1.06. The Morgan fingerprint density at radius 3 is 2.50 bits per heavy atom. The zero-order valence-corrected chi connectivity index (χ0v) is 7.41. The fraction of sp³-hybridized carbons (Fsp3) is 0.778. The molecule has 0 radical (unpaired) electrons. The van der Waals surface area contributed by atoms with E-state index in [4.69, 9.17) is 0 Å². The van der Waals surface area contributed by atoms with Crippen LogP contribution in [0.2, 0.25) is 0 Å². The van der Waals surface area contributed by atoms with E-state index in [1.54, 1.807) is 0 Å². The molecule has 0 bridgehead atoms. The molecular formula is C9H19N. The molecule has 0 aliphatic heterocycles. The molecule has 0 saturated heterocycles. The molecule has 0 unspecified atom stereocenters. The number of allylic oxidation sites excluding steroid dienone is 1. The summed E-state index contributed by atoms with van der Waals surface area (Å²) in [7, 11) is 2.00. The van der Waals surface area contributed by atoms with Crippen LogP contribution in [0, 0.1) is 5.41 Å². The van der Waals surface area contributed by atoms with Crippen LogP contribution < -0.4 is 5.32 Å². The Morgan fingerprint density at radius 1 is 1.50 bits per heavy atom. The summed E-state index contributed by atoms with van der Waals surface area (Å²) in [5, 5.41) is 3.18. The van der Waals surface area contributed by atoms with Crippen LogP contribution in [0.3, 0.4) is 0 Å². The van der Waals surface area contributed by atoms with Crippen LogP contribution in [0.4, 0.5) is 0 Å². The van der Waals surface area contributed by atoms with Gasteiger partial charge in [-0.1, -0.05) is 19.9 Å². The summed E-state index contributed by atoms with van der Waals surface area (Å²) in [6, 6.07) is 0. The normalized spacial score (nSPS) is 11.5. The summed E-state index contributed by atoms with van der Waals surface area (Å²) in [5.74, 6) is 0. The second-order valence-corrected chi connectivity index (χ2v) is 3.52. The van der Waals surface area contributed by atoms with Gasteiger partial charge < -0.3 is 5.32 Å². The highest BCUT2D eigenvalue weighted by Crippen LogP contribution is 2.20. The number of hydrogen-bond acceptors (Lipinski definition) is 1. The average molecular weight is 141 g/mol. The van der Waals surface area contributed by atoms with Crippen molar-refractivity contribution in [3.8, 4) is 0 Å². The van der Waals surface area contributed by atoms with Crippen LogP contribution in [0.1, 0.15) is 26.7 Å². The molecule has 0 rings (SSSR count). The van der Waals surface area contributed by atoms with Crippen molar-refractivity contribution < 1.29 is 0 Å². The molecule has 0 spiro atoms. The first-order valence-electron chi connectivity index (χ1n) is 3.88. The minimum absolute atomic E-state index is 0.420. The van der Waals surface area contributed by atoms with Crippen molar-refractivity contribution in [2.45, 2.75) is 26.7 Å². The van der Waals surface area contributed by atoms with Crippen LogP contribution in [0.15, 0.2) is 12.7 Å². The Morgan fingerprint density at radius 2 is 2.10 bits per heavy atom. The lowest BCUT2D eigenvalue weighted by Gasteiger charge is -2.23. The van der Waals surface area contributed by atoms with Crippen LogP contribution in [-0.4, -0.2) is 13.6 Å². The highest BCUT2D eigenvalue weighted by Gasteiger charge is 2.14. The molecule has 0 fully saturated rings. The van der Waals surface area contributed by atoms with Crippen molar-refractivity contribution in [1.29, 1.82) is 0 Å². The minimum atomic E-state index is 0.420. The first kappa shape index (κ1) is 9.70. The summed E-state index contributed by atoms with van der Waals surface area (Å²) >= 11 is 0. The van der Waals surface area contributed by atoms with E-state index in [0.717, 1.165) is 13.0 Å². The first-order valence-corrected chi connectivity index (χ1v) is 3.88. The number of rotatable bonds is 5. The monoisotopic (exact) mass is 141 g/mol. The highest BCUT2D eigenvalue weighted by atomic mass is 14.8. The van der Waals surface area contributed by atoms with Crippen molar-refractivity contribution in [3.05, 3.63) is 12.7 Å². The van der Waals surface area contributed by atoms with Gasteiger partial charge in [0.25, 0.3) is 0 Å². The van der Waals surface area contributed by atoms with Gasteiger partial charge in [0.15, 0.2) is 0 Å². The topological polar surface area (TPSA) is 12.0 Å². The molecule has 0 saturated carbocycles. The highest BCUT2D eigenvalue weighted by molar-refractivity contribution is 4.76. The molecule has 0 heterocycles. The van der Waals surface area contributed by atoms with Gasteiger partial charge in [-0.3, -0.25) is 0 Å². The Bertz CT molecular complexity index is 94.9. The molecule has 0 aromatic carbocycles. The molecule has 0 amide bonds. The minimum Gasteiger partial charge on any atom is -0.319 e. The van der Waals surface area contributed by atoms with Gasteiger partial charge >= 0.3 is 0 Å². The molecule has 0 aliphatic rings. The van der Waals surface area contributed by atoms with Gasteiger partial charge in [-0.15, -0.1) is 6.58 Å². The van der Waals surface area contributed by atoms with Gasteiger partial charge in [-0.05, 0) is 31.8 Å². The summed E-state index contributed by atoms with van der Waals surface area (Å²) in [5.41, 5.74) is 0.420. The van der Waals surface area contributed by atoms with Crippen LogP contribution >= 0.6 is 0 Å². The Balaban J connectivity index is 3.51. The first-order chi connectivity index (χ1) is 4.62. The van der Waals surface area contributed by atoms with Crippen LogP contribution in [0.5, 0.6) is 0 Å². The lowest BCUT2D eigenvalue weighted by Crippen LogP contribution is -2.26. The smallest absolute Gasteiger partial charge is 0.0000377 e. The standard InChI is InChI=1S/C9H19N/c1-5-6-7-9(2,3)8-10-4/h5,10H,1,6-8H2,2-4H3. The molecule has 0 atom stereocenters. The third-order valence-electron chi connectivity index (χ3n) is 1.68. The largest absolute Gasteiger partial charge is 0.319 e. The molecule has 0 aromatic heterocycles. The van der Waals surface area contributed by atoms with Crippen LogP contribution in [-0.2, 0) is 0 Å². The van der Waals surface area contributed by atoms with E-state index in [2.05, 4.69) is 25.7 Å². The Hall–Kier alpha value is -0.300. The van der Waals surface area contributed by atoms with E-state index >= 15 is 0 Å². The maximum Gasteiger partial charge on any atom is -0.0000377 e. The lowest BCUT2D eigenvalue weighted by molar-refractivity contribution is 0.327. The SMILES string of the molecule is C=CCCC(C)(C)CNC. The van der Waals surface area contributed by atoms with Gasteiger partial charge in [-0.25, -0.2) is 0 Å². The van der Waals surface area contributed by atoms with Gasteiger partial charge in [0.2, 0.25) is 0 Å². The zero-order chi connectivity index (χ0) is 8.04. The summed E-state index contributed by atoms with van der Waals surface area (Å²) < 4.78 is 0. The van der Waals surface area contributed by atoms with E-state index in [9.17, 15) is 0 Å². The maximum atomic E-state index is 3.70. The molecule has 10 heavy (non-hydrogen) atoms. The molecule has 1 heteroatoms. The Kier molecular flexibility index (Phi) is 4.37. The second-order valence-electron chi connectivity index (χ2n) is 3.52. The third kappa shape index (κ3) is 4.57. The molecule has 1 nitrogen and oxygen atoms in total. The second kappa shape index (κ2) is 4.51. The van der Waals surface area contributed by atoms with E-state index in [0.29, 0.717) is 5.41 Å². The molecule has 60 valence electrons. The van der Waals surface area contributed by atoms with Crippen molar-refractivity contribution in [2.75, 3.05) is 13.6 Å². The van der Waals surface area contributed by atoms with E-state index in [-0.39, 0.29) is 0 Å². The van der Waals surface area contributed by atoms with Crippen molar-refractivity contribution in [3.63, 3.8) is 0 Å². The van der Waals surface area contributed by atoms with Crippen molar-refractivity contribution >= 4 is 0 Å². The zero-order valence-electron chi connectivity index (χ0n) is 7.41. The van der Waals surface area contributed by atoms with E-state index in [1.165, 1.54) is 6.42 Å². The molecule has 0 aromatic rings. The lowest BCUT2D eigenvalue weighted by atomic mass is 9.88. The van der Waals surface area contributed by atoms with Gasteiger partial charge in [0, 0.05) is 0 Å². The summed E-state index contributed by atoms with van der Waals surface area (Å²) in [6.45, 7) is 9.33. The van der Waals surface area contributed by atoms with Gasteiger partial charge in [0.05, 0.1) is 0 Å². The van der Waals surface area contributed by atoms with E-state index in [1.807, 2.05) is 13.1 Å². The quantitative estimate of drug-likeness (QED) is 0.579. The Labute approximate surface area is 64.5 Å². The molecule has 1 N–H and O–H groups in total. The summed E-state index contributed by atoms with van der Waals surface area (Å²) in [4.78, 5) is 0. The van der Waals surface area contributed by atoms with Gasteiger partial charge in [-0.2, -0.15) is 0 Å². The third-order valence-corrected chi connectivity index (χ3v) is 1.68.